The minimum Gasteiger partial charge on any atom is -0.488 e. The van der Waals surface area contributed by atoms with Gasteiger partial charge in [-0.3, -0.25) is 0 Å². The maximum Gasteiger partial charge on any atom is 0.460 e. The van der Waals surface area contributed by atoms with Crippen LogP contribution in [0.25, 0.3) is 0 Å². The highest BCUT2D eigenvalue weighted by Gasteiger charge is 2.95. The molecule has 234 valence electrons. The molecule has 0 saturated heterocycles. The third-order valence-electron chi connectivity index (χ3n) is 5.24. The van der Waals surface area contributed by atoms with Gasteiger partial charge in [-0.15, -0.1) is 0 Å². The molecule has 0 amide bonds. The lowest BCUT2D eigenvalue weighted by atomic mass is 9.83. The second-order valence-corrected chi connectivity index (χ2v) is 9.81. The first-order valence-corrected chi connectivity index (χ1v) is 10.4. The van der Waals surface area contributed by atoms with Gasteiger partial charge in [-0.25, -0.2) is 0 Å². The number of alkyl halides is 17. The number of hydrogen-bond acceptors (Lipinski definition) is 2. The summed E-state index contributed by atoms with van der Waals surface area (Å²) < 4.78 is 235. The van der Waals surface area contributed by atoms with E-state index in [1.54, 1.807) is 0 Å². The molecule has 0 fully saturated rings. The highest BCUT2D eigenvalue weighted by atomic mass is 19.4. The van der Waals surface area contributed by atoms with Crippen molar-refractivity contribution in [2.45, 2.75) is 93.0 Å². The summed E-state index contributed by atoms with van der Waals surface area (Å²) in [4.78, 5) is 0. The summed E-state index contributed by atoms with van der Waals surface area (Å²) >= 11 is 0. The van der Waals surface area contributed by atoms with Crippen molar-refractivity contribution in [3.8, 4) is 5.75 Å². The first-order chi connectivity index (χ1) is 17.2. The molecular formula is C21H19F17O2. The van der Waals surface area contributed by atoms with Crippen molar-refractivity contribution >= 4 is 0 Å². The predicted molar refractivity (Wildman–Crippen MR) is 102 cm³/mol. The molecule has 40 heavy (non-hydrogen) atoms. The third kappa shape index (κ3) is 5.49. The summed E-state index contributed by atoms with van der Waals surface area (Å²) in [5.74, 6) is -57.8. The summed E-state index contributed by atoms with van der Waals surface area (Å²) in [5, 5.41) is 10.4. The number of benzene rings is 1. The smallest absolute Gasteiger partial charge is 0.460 e. The Labute approximate surface area is 214 Å². The van der Waals surface area contributed by atoms with Crippen LogP contribution in [0, 0.1) is 0 Å². The fourth-order valence-electron chi connectivity index (χ4n) is 3.17. The maximum absolute atomic E-state index is 14.5. The minimum absolute atomic E-state index is 0.227. The van der Waals surface area contributed by atoms with Crippen LogP contribution in [0.1, 0.15) is 39.7 Å². The van der Waals surface area contributed by atoms with Gasteiger partial charge >= 0.3 is 47.6 Å². The molecule has 2 nitrogen and oxygen atoms in total. The van der Waals surface area contributed by atoms with E-state index in [-0.39, 0.29) is 6.92 Å². The van der Waals surface area contributed by atoms with Gasteiger partial charge < -0.3 is 9.84 Å². The minimum atomic E-state index is -8.71. The highest BCUT2D eigenvalue weighted by molar-refractivity contribution is 5.38. The van der Waals surface area contributed by atoms with Crippen molar-refractivity contribution in [2.75, 3.05) is 0 Å². The molecule has 19 heteroatoms. The second-order valence-electron chi connectivity index (χ2n) is 9.81. The number of aliphatic hydroxyl groups is 1. The summed E-state index contributed by atoms with van der Waals surface area (Å²) in [6.45, 7) is 4.28. The third-order valence-corrected chi connectivity index (χ3v) is 5.24. The summed E-state index contributed by atoms with van der Waals surface area (Å²) in [6.07, 6.45) is -10.9. The van der Waals surface area contributed by atoms with Gasteiger partial charge in [-0.2, -0.15) is 74.6 Å². The topological polar surface area (TPSA) is 29.5 Å². The first kappa shape index (κ1) is 35.8. The Hall–Kier alpha value is -2.21. The van der Waals surface area contributed by atoms with Crippen LogP contribution in [0.3, 0.4) is 0 Å². The summed E-state index contributed by atoms with van der Waals surface area (Å²) in [7, 11) is 0. The van der Waals surface area contributed by atoms with E-state index >= 15 is 0 Å². The maximum atomic E-state index is 14.5. The predicted octanol–water partition coefficient (Wildman–Crippen LogP) is 8.47. The lowest BCUT2D eigenvalue weighted by molar-refractivity contribution is -0.462. The van der Waals surface area contributed by atoms with E-state index in [1.165, 1.54) is 20.8 Å². The lowest BCUT2D eigenvalue weighted by Gasteiger charge is -2.43. The molecule has 0 saturated carbocycles. The number of para-hydroxylation sites is 1. The van der Waals surface area contributed by atoms with E-state index in [2.05, 4.69) is 0 Å². The van der Waals surface area contributed by atoms with Crippen molar-refractivity contribution in [3.05, 3.63) is 29.8 Å². The zero-order chi connectivity index (χ0) is 32.4. The van der Waals surface area contributed by atoms with Gasteiger partial charge in [0.05, 0.1) is 12.0 Å². The molecule has 0 heterocycles. The normalized spacial score (nSPS) is 17.1. The van der Waals surface area contributed by atoms with Gasteiger partial charge in [-0.1, -0.05) is 18.2 Å². The van der Waals surface area contributed by atoms with Crippen LogP contribution in [0.4, 0.5) is 74.6 Å². The summed E-state index contributed by atoms with van der Waals surface area (Å²) in [5.41, 5.74) is -5.53. The van der Waals surface area contributed by atoms with Crippen molar-refractivity contribution in [1.29, 1.82) is 0 Å². The SMILES string of the molecule is CC(C)(C)Oc1ccccc1C(C)(O)CC(F)(F)C(F)(F)C(F)(F)C(F)(F)C(F)(F)C(F)(F)C(F)(F)C(F)(F)F. The van der Waals surface area contributed by atoms with E-state index in [0.29, 0.717) is 6.07 Å². The quantitative estimate of drug-likeness (QED) is 0.264. The van der Waals surface area contributed by atoms with Gasteiger partial charge in [0, 0.05) is 5.56 Å². The molecule has 1 aromatic carbocycles. The molecule has 0 aromatic heterocycles. The van der Waals surface area contributed by atoms with Gasteiger partial charge in [-0.05, 0) is 33.8 Å². The largest absolute Gasteiger partial charge is 0.488 e. The van der Waals surface area contributed by atoms with Crippen LogP contribution in [0.15, 0.2) is 24.3 Å². The zero-order valence-electron chi connectivity index (χ0n) is 20.3. The van der Waals surface area contributed by atoms with Gasteiger partial charge in [0.15, 0.2) is 0 Å². The van der Waals surface area contributed by atoms with Crippen LogP contribution in [-0.2, 0) is 5.60 Å². The van der Waals surface area contributed by atoms with Crippen molar-refractivity contribution < 1.29 is 84.5 Å². The molecule has 1 atom stereocenters. The molecule has 1 aromatic rings. The number of ether oxygens (including phenoxy) is 1. The second kappa shape index (κ2) is 9.68. The zero-order valence-corrected chi connectivity index (χ0v) is 20.3. The Balaban J connectivity index is 3.66. The molecule has 1 rings (SSSR count). The summed E-state index contributed by atoms with van der Waals surface area (Å²) in [6, 6.07) is 3.75. The van der Waals surface area contributed by atoms with Gasteiger partial charge in [0.1, 0.15) is 11.4 Å². The van der Waals surface area contributed by atoms with E-state index in [4.69, 9.17) is 4.74 Å². The molecule has 0 aliphatic rings. The fraction of sp³-hybridized carbons (Fsp3) is 0.714. The average Bonchev–Trinajstić information content (AvgIpc) is 2.70. The molecule has 0 spiro atoms. The standard InChI is InChI=1S/C21H19F17O2/c1-12(2,3)40-11-8-6-5-7-10(11)13(4,39)9-14(22,23)15(24,25)16(26,27)17(28,29)18(30,31)19(32,33)20(34,35)21(36,37)38/h5-8,39H,9H2,1-4H3. The van der Waals surface area contributed by atoms with E-state index < -0.39 is 76.6 Å². The Bertz CT molecular complexity index is 1050. The molecular weight excluding hydrogens is 607 g/mol. The van der Waals surface area contributed by atoms with Crippen LogP contribution in [0.2, 0.25) is 0 Å². The van der Waals surface area contributed by atoms with Crippen LogP contribution in [-0.4, -0.2) is 58.3 Å². The van der Waals surface area contributed by atoms with Gasteiger partial charge in [0.25, 0.3) is 0 Å². The molecule has 0 aliphatic heterocycles. The van der Waals surface area contributed by atoms with Gasteiger partial charge in [0.2, 0.25) is 0 Å². The van der Waals surface area contributed by atoms with Crippen LogP contribution >= 0.6 is 0 Å². The Morgan fingerprint density at radius 1 is 0.550 bits per heavy atom. The molecule has 0 radical (unpaired) electrons. The van der Waals surface area contributed by atoms with Crippen molar-refractivity contribution in [3.63, 3.8) is 0 Å². The van der Waals surface area contributed by atoms with E-state index in [0.717, 1.165) is 18.2 Å². The van der Waals surface area contributed by atoms with Crippen molar-refractivity contribution in [2.24, 2.45) is 0 Å². The van der Waals surface area contributed by atoms with E-state index in [9.17, 15) is 79.7 Å². The highest BCUT2D eigenvalue weighted by Crippen LogP contribution is 2.64. The molecule has 0 bridgehead atoms. The first-order valence-electron chi connectivity index (χ1n) is 10.4. The Morgan fingerprint density at radius 3 is 1.27 bits per heavy atom. The fourth-order valence-corrected chi connectivity index (χ4v) is 3.17. The van der Waals surface area contributed by atoms with E-state index in [1.807, 2.05) is 0 Å². The van der Waals surface area contributed by atoms with Crippen LogP contribution < -0.4 is 4.74 Å². The average molecular weight is 626 g/mol. The number of hydrogen-bond donors (Lipinski definition) is 1. The Kier molecular flexibility index (Phi) is 8.66. The molecule has 1 N–H and O–H groups in total. The monoisotopic (exact) mass is 626 g/mol. The lowest BCUT2D eigenvalue weighted by Crippen LogP contribution is -2.74. The number of halogens is 17. The molecule has 0 aliphatic carbocycles. The Morgan fingerprint density at radius 2 is 0.900 bits per heavy atom. The number of rotatable bonds is 10. The van der Waals surface area contributed by atoms with Crippen LogP contribution in [0.5, 0.6) is 5.75 Å². The molecule has 1 unspecified atom stereocenters. The van der Waals surface area contributed by atoms with Crippen molar-refractivity contribution in [1.82, 2.24) is 0 Å².